The van der Waals surface area contributed by atoms with Crippen molar-refractivity contribution >= 4 is 29.6 Å². The predicted octanol–water partition coefficient (Wildman–Crippen LogP) is -3.60. The largest absolute Gasteiger partial charge is 0.480 e. The van der Waals surface area contributed by atoms with Crippen LogP contribution in [0.2, 0.25) is 0 Å². The van der Waals surface area contributed by atoms with Crippen LogP contribution >= 0.6 is 0 Å². The highest BCUT2D eigenvalue weighted by Crippen LogP contribution is 1.97. The summed E-state index contributed by atoms with van der Waals surface area (Å²) in [6, 6.07) is -2.19. The molecule has 0 aliphatic heterocycles. The van der Waals surface area contributed by atoms with E-state index in [-0.39, 0.29) is 19.4 Å². The fourth-order valence-electron chi connectivity index (χ4n) is 1.48. The molecule has 2 unspecified atom stereocenters. The topological polar surface area (TPSA) is 194 Å². The summed E-state index contributed by atoms with van der Waals surface area (Å²) in [7, 11) is 0. The number of carbonyl (C=O) groups is 5. The molecule has 0 saturated carbocycles. The van der Waals surface area contributed by atoms with E-state index in [0.29, 0.717) is 0 Å². The average Bonchev–Trinajstić information content (AvgIpc) is 2.47. The Hall–Kier alpha value is -2.69. The maximum atomic E-state index is 11.6. The standard InChI is InChI=1S/C12H21N5O6/c1-6(16-9(19)4-13)11(21)15-5-10(20)17-7(12(22)23)2-3-8(14)18/h6-7H,2-5,13H2,1H3,(H2,14,18)(H,15,21)(H,16,19)(H,17,20)(H,22,23). The lowest BCUT2D eigenvalue weighted by Gasteiger charge is -2.16. The molecule has 130 valence electrons. The van der Waals surface area contributed by atoms with Gasteiger partial charge in [-0.1, -0.05) is 0 Å². The number of nitrogens with one attached hydrogen (secondary N) is 3. The smallest absolute Gasteiger partial charge is 0.326 e. The van der Waals surface area contributed by atoms with Gasteiger partial charge in [-0.3, -0.25) is 19.2 Å². The van der Waals surface area contributed by atoms with Gasteiger partial charge in [0, 0.05) is 6.42 Å². The summed E-state index contributed by atoms with van der Waals surface area (Å²) in [5.41, 5.74) is 9.99. The van der Waals surface area contributed by atoms with Crippen molar-refractivity contribution in [2.45, 2.75) is 31.8 Å². The molecule has 0 aliphatic carbocycles. The lowest BCUT2D eigenvalue weighted by atomic mass is 10.1. The lowest BCUT2D eigenvalue weighted by molar-refractivity contribution is -0.142. The van der Waals surface area contributed by atoms with Gasteiger partial charge in [-0.15, -0.1) is 0 Å². The van der Waals surface area contributed by atoms with Crippen molar-refractivity contribution in [1.82, 2.24) is 16.0 Å². The van der Waals surface area contributed by atoms with E-state index in [4.69, 9.17) is 16.6 Å². The maximum absolute atomic E-state index is 11.6. The van der Waals surface area contributed by atoms with Gasteiger partial charge >= 0.3 is 5.97 Å². The summed E-state index contributed by atoms with van der Waals surface area (Å²) in [6.45, 7) is 0.633. The number of carboxylic acids is 1. The molecule has 11 nitrogen and oxygen atoms in total. The Kier molecular flexibility index (Phi) is 8.92. The molecule has 0 fully saturated rings. The first-order chi connectivity index (χ1) is 10.7. The number of carboxylic acid groups (broad SMARTS) is 1. The molecule has 0 aromatic rings. The second-order valence-corrected chi connectivity index (χ2v) is 4.67. The number of primary amides is 1. The average molecular weight is 331 g/mol. The SMILES string of the molecule is CC(NC(=O)CN)C(=O)NCC(=O)NC(CCC(N)=O)C(=O)O. The molecule has 11 heteroatoms. The molecule has 2 atom stereocenters. The van der Waals surface area contributed by atoms with Crippen LogP contribution < -0.4 is 27.4 Å². The molecule has 0 radical (unpaired) electrons. The fraction of sp³-hybridized carbons (Fsp3) is 0.583. The Labute approximate surface area is 132 Å². The molecular weight excluding hydrogens is 310 g/mol. The summed E-state index contributed by atoms with van der Waals surface area (Å²) < 4.78 is 0. The number of aliphatic carboxylic acids is 1. The highest BCUT2D eigenvalue weighted by molar-refractivity contribution is 5.91. The zero-order valence-corrected chi connectivity index (χ0v) is 12.6. The van der Waals surface area contributed by atoms with Crippen LogP contribution in [0.4, 0.5) is 0 Å². The second-order valence-electron chi connectivity index (χ2n) is 4.67. The molecular formula is C12H21N5O6. The molecule has 0 aliphatic rings. The molecule has 8 N–H and O–H groups in total. The normalized spacial score (nSPS) is 12.6. The van der Waals surface area contributed by atoms with Crippen LogP contribution in [0.15, 0.2) is 0 Å². The van der Waals surface area contributed by atoms with E-state index >= 15 is 0 Å². The number of hydrogen-bond acceptors (Lipinski definition) is 6. The van der Waals surface area contributed by atoms with Gasteiger partial charge in [0.1, 0.15) is 12.1 Å². The quantitative estimate of drug-likeness (QED) is 0.238. The van der Waals surface area contributed by atoms with Gasteiger partial charge in [-0.2, -0.15) is 0 Å². The summed E-state index contributed by atoms with van der Waals surface area (Å²) in [6.07, 6.45) is -0.362. The summed E-state index contributed by atoms with van der Waals surface area (Å²) >= 11 is 0. The summed E-state index contributed by atoms with van der Waals surface area (Å²) in [5, 5.41) is 15.6. The van der Waals surface area contributed by atoms with Crippen molar-refractivity contribution in [2.24, 2.45) is 11.5 Å². The molecule has 0 aromatic heterocycles. The van der Waals surface area contributed by atoms with Crippen LogP contribution in [0.3, 0.4) is 0 Å². The highest BCUT2D eigenvalue weighted by atomic mass is 16.4. The minimum absolute atomic E-state index is 0.159. The Morgan fingerprint density at radius 2 is 1.70 bits per heavy atom. The van der Waals surface area contributed by atoms with Crippen LogP contribution in [0, 0.1) is 0 Å². The van der Waals surface area contributed by atoms with Gasteiger partial charge in [0.15, 0.2) is 0 Å². The van der Waals surface area contributed by atoms with Crippen LogP contribution in [0.5, 0.6) is 0 Å². The van der Waals surface area contributed by atoms with E-state index in [9.17, 15) is 24.0 Å². The Morgan fingerprint density at radius 1 is 1.09 bits per heavy atom. The van der Waals surface area contributed by atoms with Gasteiger partial charge in [0.25, 0.3) is 0 Å². The van der Waals surface area contributed by atoms with Crippen LogP contribution in [0.1, 0.15) is 19.8 Å². The van der Waals surface area contributed by atoms with Gasteiger partial charge in [0.05, 0.1) is 13.1 Å². The van der Waals surface area contributed by atoms with Crippen molar-refractivity contribution in [2.75, 3.05) is 13.1 Å². The Balaban J connectivity index is 4.30. The van der Waals surface area contributed by atoms with E-state index in [2.05, 4.69) is 16.0 Å². The zero-order valence-electron chi connectivity index (χ0n) is 12.6. The molecule has 0 aromatic carbocycles. The lowest BCUT2D eigenvalue weighted by Crippen LogP contribution is -2.50. The second kappa shape index (κ2) is 10.1. The van der Waals surface area contributed by atoms with Crippen LogP contribution in [-0.4, -0.2) is 59.9 Å². The number of nitrogens with two attached hydrogens (primary N) is 2. The fourth-order valence-corrected chi connectivity index (χ4v) is 1.48. The molecule has 23 heavy (non-hydrogen) atoms. The number of rotatable bonds is 10. The third kappa shape index (κ3) is 9.03. The van der Waals surface area contributed by atoms with Crippen LogP contribution in [-0.2, 0) is 24.0 Å². The minimum atomic E-state index is -1.32. The molecule has 4 amide bonds. The van der Waals surface area contributed by atoms with Crippen molar-refractivity contribution in [1.29, 1.82) is 0 Å². The van der Waals surface area contributed by atoms with Crippen molar-refractivity contribution in [3.8, 4) is 0 Å². The zero-order chi connectivity index (χ0) is 18.0. The van der Waals surface area contributed by atoms with Gasteiger partial charge < -0.3 is 32.5 Å². The molecule has 0 saturated heterocycles. The van der Waals surface area contributed by atoms with Crippen molar-refractivity contribution in [3.63, 3.8) is 0 Å². The first-order valence-electron chi connectivity index (χ1n) is 6.75. The first kappa shape index (κ1) is 20.3. The summed E-state index contributed by atoms with van der Waals surface area (Å²) in [4.78, 5) is 55.8. The van der Waals surface area contributed by atoms with Gasteiger partial charge in [-0.05, 0) is 13.3 Å². The van der Waals surface area contributed by atoms with E-state index in [1.165, 1.54) is 6.92 Å². The van der Waals surface area contributed by atoms with Crippen LogP contribution in [0.25, 0.3) is 0 Å². The Morgan fingerprint density at radius 3 is 2.17 bits per heavy atom. The molecule has 0 heterocycles. The van der Waals surface area contributed by atoms with E-state index in [1.807, 2.05) is 0 Å². The monoisotopic (exact) mass is 331 g/mol. The number of hydrogen-bond donors (Lipinski definition) is 6. The highest BCUT2D eigenvalue weighted by Gasteiger charge is 2.21. The predicted molar refractivity (Wildman–Crippen MR) is 77.7 cm³/mol. The molecule has 0 spiro atoms. The third-order valence-corrected chi connectivity index (χ3v) is 2.69. The number of amides is 4. The first-order valence-corrected chi connectivity index (χ1v) is 6.75. The van der Waals surface area contributed by atoms with Gasteiger partial charge in [0.2, 0.25) is 23.6 Å². The van der Waals surface area contributed by atoms with E-state index in [0.717, 1.165) is 0 Å². The number of carbonyl (C=O) groups excluding carboxylic acids is 4. The maximum Gasteiger partial charge on any atom is 0.326 e. The van der Waals surface area contributed by atoms with Crippen molar-refractivity contribution < 1.29 is 29.1 Å². The third-order valence-electron chi connectivity index (χ3n) is 2.69. The summed E-state index contributed by atoms with van der Waals surface area (Å²) in [5.74, 6) is -3.94. The van der Waals surface area contributed by atoms with E-state index in [1.54, 1.807) is 0 Å². The van der Waals surface area contributed by atoms with Crippen molar-refractivity contribution in [3.05, 3.63) is 0 Å². The van der Waals surface area contributed by atoms with Gasteiger partial charge in [-0.25, -0.2) is 4.79 Å². The van der Waals surface area contributed by atoms with E-state index < -0.39 is 48.2 Å². The molecule has 0 rings (SSSR count). The minimum Gasteiger partial charge on any atom is -0.480 e. The Bertz CT molecular complexity index is 481. The molecule has 0 bridgehead atoms.